The van der Waals surface area contributed by atoms with Crippen LogP contribution in [-0.2, 0) is 4.74 Å². The van der Waals surface area contributed by atoms with Gasteiger partial charge >= 0.3 is 0 Å². The highest BCUT2D eigenvalue weighted by molar-refractivity contribution is 14.1. The van der Waals surface area contributed by atoms with Crippen molar-refractivity contribution < 1.29 is 4.74 Å². The van der Waals surface area contributed by atoms with Crippen LogP contribution in [0.3, 0.4) is 0 Å². The predicted octanol–water partition coefficient (Wildman–Crippen LogP) is 2.04. The maximum absolute atomic E-state index is 5.28. The normalized spacial score (nSPS) is 19.8. The summed E-state index contributed by atoms with van der Waals surface area (Å²) < 4.78 is 6.32. The van der Waals surface area contributed by atoms with Crippen molar-refractivity contribution in [1.82, 2.24) is 10.2 Å². The first-order valence-electron chi connectivity index (χ1n) is 3.93. The SMILES string of the molecule is Ic1nnc(C2CCOCC2)s1. The third-order valence-corrected chi connectivity index (χ3v) is 3.74. The number of halogens is 1. The molecule has 1 aromatic rings. The third kappa shape index (κ3) is 1.94. The summed E-state index contributed by atoms with van der Waals surface area (Å²) in [5, 5.41) is 9.33. The lowest BCUT2D eigenvalue weighted by Crippen LogP contribution is -2.13. The number of rotatable bonds is 1. The molecule has 0 aromatic carbocycles. The fraction of sp³-hybridized carbons (Fsp3) is 0.714. The number of hydrogen-bond acceptors (Lipinski definition) is 4. The van der Waals surface area contributed by atoms with Gasteiger partial charge in [0.15, 0.2) is 3.01 Å². The van der Waals surface area contributed by atoms with Crippen molar-refractivity contribution in [3.05, 3.63) is 8.02 Å². The molecule has 1 fully saturated rings. The van der Waals surface area contributed by atoms with Crippen LogP contribution in [-0.4, -0.2) is 23.4 Å². The average Bonchev–Trinajstić information content (AvgIpc) is 2.54. The van der Waals surface area contributed by atoms with Crippen LogP contribution in [0.1, 0.15) is 23.8 Å². The van der Waals surface area contributed by atoms with Gasteiger partial charge in [-0.1, -0.05) is 11.3 Å². The summed E-state index contributed by atoms with van der Waals surface area (Å²) in [6, 6.07) is 0. The highest BCUT2D eigenvalue weighted by Gasteiger charge is 2.19. The zero-order chi connectivity index (χ0) is 8.39. The molecule has 1 aromatic heterocycles. The van der Waals surface area contributed by atoms with Crippen LogP contribution in [0.4, 0.5) is 0 Å². The highest BCUT2D eigenvalue weighted by Crippen LogP contribution is 2.29. The Morgan fingerprint density at radius 2 is 2.08 bits per heavy atom. The van der Waals surface area contributed by atoms with E-state index in [2.05, 4.69) is 32.8 Å². The molecule has 1 aliphatic rings. The molecule has 0 unspecified atom stereocenters. The van der Waals surface area contributed by atoms with Gasteiger partial charge in [-0.25, -0.2) is 0 Å². The van der Waals surface area contributed by atoms with Crippen molar-refractivity contribution in [2.75, 3.05) is 13.2 Å². The quantitative estimate of drug-likeness (QED) is 0.744. The molecule has 0 aliphatic carbocycles. The van der Waals surface area contributed by atoms with E-state index in [1.54, 1.807) is 11.3 Å². The summed E-state index contributed by atoms with van der Waals surface area (Å²) in [5.41, 5.74) is 0. The van der Waals surface area contributed by atoms with E-state index in [0.717, 1.165) is 29.1 Å². The van der Waals surface area contributed by atoms with E-state index in [-0.39, 0.29) is 0 Å². The summed E-state index contributed by atoms with van der Waals surface area (Å²) in [4.78, 5) is 0. The molecule has 66 valence electrons. The van der Waals surface area contributed by atoms with Gasteiger partial charge in [-0.3, -0.25) is 0 Å². The fourth-order valence-corrected chi connectivity index (χ4v) is 2.85. The van der Waals surface area contributed by atoms with Gasteiger partial charge in [0.25, 0.3) is 0 Å². The van der Waals surface area contributed by atoms with E-state index in [1.165, 1.54) is 5.01 Å². The Balaban J connectivity index is 2.08. The van der Waals surface area contributed by atoms with Crippen LogP contribution in [0.5, 0.6) is 0 Å². The maximum Gasteiger partial charge on any atom is 0.178 e. The van der Waals surface area contributed by atoms with Gasteiger partial charge in [-0.2, -0.15) is 0 Å². The lowest BCUT2D eigenvalue weighted by Gasteiger charge is -2.18. The zero-order valence-corrected chi connectivity index (χ0v) is 9.47. The monoisotopic (exact) mass is 296 g/mol. The summed E-state index contributed by atoms with van der Waals surface area (Å²) in [6.45, 7) is 1.75. The minimum atomic E-state index is 0.597. The van der Waals surface area contributed by atoms with Gasteiger partial charge in [0, 0.05) is 19.1 Å². The highest BCUT2D eigenvalue weighted by atomic mass is 127. The second-order valence-electron chi connectivity index (χ2n) is 2.78. The first-order valence-corrected chi connectivity index (χ1v) is 5.82. The minimum absolute atomic E-state index is 0.597. The molecule has 12 heavy (non-hydrogen) atoms. The lowest BCUT2D eigenvalue weighted by molar-refractivity contribution is 0.0851. The topological polar surface area (TPSA) is 35.0 Å². The molecule has 0 N–H and O–H groups in total. The first-order chi connectivity index (χ1) is 5.86. The van der Waals surface area contributed by atoms with E-state index < -0.39 is 0 Å². The molecule has 0 amide bonds. The van der Waals surface area contributed by atoms with Crippen molar-refractivity contribution in [3.8, 4) is 0 Å². The molecule has 2 heterocycles. The predicted molar refractivity (Wildman–Crippen MR) is 55.4 cm³/mol. The van der Waals surface area contributed by atoms with E-state index in [9.17, 15) is 0 Å². The Bertz CT molecular complexity index is 260. The zero-order valence-electron chi connectivity index (χ0n) is 6.49. The van der Waals surface area contributed by atoms with Gasteiger partial charge in [0.05, 0.1) is 0 Å². The van der Waals surface area contributed by atoms with Crippen LogP contribution in [0.25, 0.3) is 0 Å². The Labute approximate surface area is 88.7 Å². The molecule has 1 aliphatic heterocycles. The van der Waals surface area contributed by atoms with E-state index in [1.807, 2.05) is 0 Å². The second-order valence-corrected chi connectivity index (χ2v) is 5.54. The lowest BCUT2D eigenvalue weighted by atomic mass is 10.0. The summed E-state index contributed by atoms with van der Waals surface area (Å²) >= 11 is 3.91. The fourth-order valence-electron chi connectivity index (χ4n) is 1.33. The summed E-state index contributed by atoms with van der Waals surface area (Å²) in [7, 11) is 0. The van der Waals surface area contributed by atoms with Crippen LogP contribution >= 0.6 is 33.9 Å². The molecular weight excluding hydrogens is 287 g/mol. The van der Waals surface area contributed by atoms with Crippen LogP contribution < -0.4 is 0 Å². The Morgan fingerprint density at radius 3 is 2.67 bits per heavy atom. The van der Waals surface area contributed by atoms with Crippen LogP contribution in [0, 0.1) is 3.01 Å². The van der Waals surface area contributed by atoms with Crippen LogP contribution in [0.15, 0.2) is 0 Å². The average molecular weight is 296 g/mol. The Morgan fingerprint density at radius 1 is 1.33 bits per heavy atom. The van der Waals surface area contributed by atoms with Crippen molar-refractivity contribution in [1.29, 1.82) is 0 Å². The molecule has 0 radical (unpaired) electrons. The van der Waals surface area contributed by atoms with Gasteiger partial charge in [-0.05, 0) is 35.4 Å². The van der Waals surface area contributed by atoms with Gasteiger partial charge in [0.2, 0.25) is 0 Å². The van der Waals surface area contributed by atoms with E-state index >= 15 is 0 Å². The number of hydrogen-bond donors (Lipinski definition) is 0. The third-order valence-electron chi connectivity index (χ3n) is 1.99. The van der Waals surface area contributed by atoms with Gasteiger partial charge in [0.1, 0.15) is 5.01 Å². The molecular formula is C7H9IN2OS. The molecule has 0 atom stereocenters. The summed E-state index contributed by atoms with van der Waals surface area (Å²) in [6.07, 6.45) is 2.20. The second kappa shape index (κ2) is 3.97. The summed E-state index contributed by atoms with van der Waals surface area (Å²) in [5.74, 6) is 0.597. The molecule has 1 saturated heterocycles. The molecule has 0 saturated carbocycles. The van der Waals surface area contributed by atoms with E-state index in [4.69, 9.17) is 4.74 Å². The van der Waals surface area contributed by atoms with Gasteiger partial charge < -0.3 is 4.74 Å². The minimum Gasteiger partial charge on any atom is -0.381 e. The largest absolute Gasteiger partial charge is 0.381 e. The Hall–Kier alpha value is 0.250. The number of aromatic nitrogens is 2. The molecule has 3 nitrogen and oxygen atoms in total. The number of ether oxygens (including phenoxy) is 1. The number of nitrogens with zero attached hydrogens (tertiary/aromatic N) is 2. The molecule has 2 rings (SSSR count). The molecule has 0 spiro atoms. The van der Waals surface area contributed by atoms with Crippen molar-refractivity contribution >= 4 is 33.9 Å². The first kappa shape index (κ1) is 8.83. The van der Waals surface area contributed by atoms with Crippen molar-refractivity contribution in [2.24, 2.45) is 0 Å². The smallest absolute Gasteiger partial charge is 0.178 e. The van der Waals surface area contributed by atoms with Gasteiger partial charge in [-0.15, -0.1) is 10.2 Å². The maximum atomic E-state index is 5.28. The van der Waals surface area contributed by atoms with Crippen molar-refractivity contribution in [2.45, 2.75) is 18.8 Å². The van der Waals surface area contributed by atoms with Crippen molar-refractivity contribution in [3.63, 3.8) is 0 Å². The van der Waals surface area contributed by atoms with E-state index in [0.29, 0.717) is 5.92 Å². The molecule has 5 heteroatoms. The standard InChI is InChI=1S/C7H9IN2OS/c8-7-10-9-6(12-7)5-1-3-11-4-2-5/h5H,1-4H2. The van der Waals surface area contributed by atoms with Crippen LogP contribution in [0.2, 0.25) is 0 Å². The molecule has 0 bridgehead atoms. The Kier molecular flexibility index (Phi) is 2.92.